The van der Waals surface area contributed by atoms with Gasteiger partial charge in [-0.05, 0) is 38.2 Å². The van der Waals surface area contributed by atoms with Crippen LogP contribution in [0.3, 0.4) is 0 Å². The third-order valence-corrected chi connectivity index (χ3v) is 4.86. The Hall–Kier alpha value is -3.30. The van der Waals surface area contributed by atoms with Gasteiger partial charge in [-0.1, -0.05) is 5.73 Å². The standard InChI is InChI=1S/C22H25F3N4O5/c1-13(2)33-16-8-9-29(11-16)21-27-17(10-19(30)28-21)20(31)26-18(12-32-3)14-4-6-15(7-5-14)34-22(23,24)25/h4,6,10,13,16,18H,8-9,11-12H2,1-3H3,(H,26,31)(H,27,28,30)/t16-,18?/m0/s1. The second-order valence-electron chi connectivity index (χ2n) is 7.93. The second-order valence-corrected chi connectivity index (χ2v) is 7.93. The Morgan fingerprint density at radius 3 is 2.74 bits per heavy atom. The van der Waals surface area contributed by atoms with Crippen LogP contribution in [-0.2, 0) is 14.2 Å². The van der Waals surface area contributed by atoms with Crippen LogP contribution in [0.15, 0.2) is 45.8 Å². The molecule has 1 saturated heterocycles. The number of ether oxygens (including phenoxy) is 3. The summed E-state index contributed by atoms with van der Waals surface area (Å²) in [7, 11) is 1.40. The molecule has 0 bridgehead atoms. The number of carbonyl (C=O) groups is 1. The van der Waals surface area contributed by atoms with E-state index in [1.54, 1.807) is 0 Å². The van der Waals surface area contributed by atoms with Crippen molar-refractivity contribution in [1.82, 2.24) is 15.3 Å². The molecule has 2 N–H and O–H groups in total. The highest BCUT2D eigenvalue weighted by molar-refractivity contribution is 5.93. The van der Waals surface area contributed by atoms with E-state index in [-0.39, 0.29) is 30.5 Å². The van der Waals surface area contributed by atoms with Gasteiger partial charge in [0.25, 0.3) is 11.5 Å². The van der Waals surface area contributed by atoms with Crippen molar-refractivity contribution in [3.05, 3.63) is 57.1 Å². The van der Waals surface area contributed by atoms with Crippen molar-refractivity contribution < 1.29 is 32.2 Å². The number of H-pyrrole nitrogens is 1. The fourth-order valence-corrected chi connectivity index (χ4v) is 3.51. The van der Waals surface area contributed by atoms with Gasteiger partial charge < -0.3 is 24.4 Å². The van der Waals surface area contributed by atoms with Gasteiger partial charge >= 0.3 is 6.36 Å². The van der Waals surface area contributed by atoms with Gasteiger partial charge in [0.05, 0.1) is 24.9 Å². The number of nitrogens with zero attached hydrogens (tertiary/aromatic N) is 2. The number of amides is 1. The minimum absolute atomic E-state index is 0.00799. The van der Waals surface area contributed by atoms with E-state index in [4.69, 9.17) is 9.47 Å². The molecule has 34 heavy (non-hydrogen) atoms. The maximum absolute atomic E-state index is 12.9. The average molecular weight is 482 g/mol. The SMILES string of the molecule is COCC(NC(=O)c1cc(=O)[nH]c(N2CC[C@H](OC(C)C)C2)n1)C1=C=C=C(OC(F)(F)F)C=C1. The summed E-state index contributed by atoms with van der Waals surface area (Å²) >= 11 is 0. The van der Waals surface area contributed by atoms with E-state index < -0.39 is 29.6 Å². The lowest BCUT2D eigenvalue weighted by Gasteiger charge is -2.20. The van der Waals surface area contributed by atoms with Gasteiger partial charge in [0.15, 0.2) is 5.76 Å². The normalized spacial score (nSPS) is 18.7. The largest absolute Gasteiger partial charge is 0.573 e. The van der Waals surface area contributed by atoms with Gasteiger partial charge in [0, 0.05) is 31.8 Å². The van der Waals surface area contributed by atoms with Crippen LogP contribution < -0.4 is 15.8 Å². The summed E-state index contributed by atoms with van der Waals surface area (Å²) in [5.41, 5.74) is 4.48. The van der Waals surface area contributed by atoms with E-state index in [9.17, 15) is 22.8 Å². The highest BCUT2D eigenvalue weighted by Crippen LogP contribution is 2.23. The average Bonchev–Trinajstić information content (AvgIpc) is 3.20. The molecule has 9 nitrogen and oxygen atoms in total. The Balaban J connectivity index is 1.77. The smallest absolute Gasteiger partial charge is 0.397 e. The summed E-state index contributed by atoms with van der Waals surface area (Å²) in [6, 6.07) is 0.283. The van der Waals surface area contributed by atoms with E-state index >= 15 is 0 Å². The summed E-state index contributed by atoms with van der Waals surface area (Å²) in [5.74, 6) is -0.970. The highest BCUT2D eigenvalue weighted by atomic mass is 19.4. The first kappa shape index (κ1) is 25.3. The fraction of sp³-hybridized carbons (Fsp3) is 0.500. The maximum Gasteiger partial charge on any atom is 0.573 e. The molecule has 1 aliphatic carbocycles. The molecule has 2 heterocycles. The van der Waals surface area contributed by atoms with Gasteiger partial charge in [-0.2, -0.15) is 0 Å². The van der Waals surface area contributed by atoms with Crippen molar-refractivity contribution in [3.8, 4) is 0 Å². The van der Waals surface area contributed by atoms with E-state index in [2.05, 4.69) is 31.5 Å². The van der Waals surface area contributed by atoms with Crippen molar-refractivity contribution in [2.45, 2.75) is 44.9 Å². The van der Waals surface area contributed by atoms with Crippen LogP contribution in [0.4, 0.5) is 19.1 Å². The Morgan fingerprint density at radius 1 is 1.35 bits per heavy atom. The van der Waals surface area contributed by atoms with E-state index in [0.29, 0.717) is 18.7 Å². The Labute approximate surface area is 193 Å². The number of aromatic nitrogens is 2. The molecule has 12 heteroatoms. The first-order valence-electron chi connectivity index (χ1n) is 10.5. The molecule has 2 aliphatic rings. The number of nitrogens with one attached hydrogen (secondary N) is 2. The van der Waals surface area contributed by atoms with Gasteiger partial charge in [-0.25, -0.2) is 4.98 Å². The first-order chi connectivity index (χ1) is 16.0. The molecule has 0 spiro atoms. The van der Waals surface area contributed by atoms with Crippen LogP contribution in [0.5, 0.6) is 0 Å². The molecule has 1 aromatic heterocycles. The number of anilines is 1. The lowest BCUT2D eigenvalue weighted by molar-refractivity contribution is -0.303. The van der Waals surface area contributed by atoms with Crippen LogP contribution in [0.2, 0.25) is 0 Å². The van der Waals surface area contributed by atoms with Crippen LogP contribution in [-0.4, -0.2) is 67.3 Å². The maximum atomic E-state index is 12.9. The minimum atomic E-state index is -4.86. The summed E-state index contributed by atoms with van der Waals surface area (Å²) in [6.07, 6.45) is -1.68. The van der Waals surface area contributed by atoms with Crippen molar-refractivity contribution in [2.24, 2.45) is 0 Å². The molecule has 1 amide bonds. The van der Waals surface area contributed by atoms with Crippen LogP contribution in [0.1, 0.15) is 30.8 Å². The summed E-state index contributed by atoms with van der Waals surface area (Å²) in [4.78, 5) is 33.8. The van der Waals surface area contributed by atoms with Crippen molar-refractivity contribution in [2.75, 3.05) is 31.7 Å². The molecule has 2 atom stereocenters. The molecule has 1 aliphatic heterocycles. The van der Waals surface area contributed by atoms with Crippen LogP contribution in [0.25, 0.3) is 0 Å². The van der Waals surface area contributed by atoms with Crippen molar-refractivity contribution in [3.63, 3.8) is 0 Å². The van der Waals surface area contributed by atoms with E-state index in [1.165, 1.54) is 13.2 Å². The molecule has 0 saturated carbocycles. The molecule has 0 radical (unpaired) electrons. The highest BCUT2D eigenvalue weighted by Gasteiger charge is 2.32. The monoisotopic (exact) mass is 482 g/mol. The van der Waals surface area contributed by atoms with Gasteiger partial charge in [-0.15, -0.1) is 13.2 Å². The zero-order valence-corrected chi connectivity index (χ0v) is 18.9. The molecule has 3 rings (SSSR count). The predicted molar refractivity (Wildman–Crippen MR) is 115 cm³/mol. The molecule has 1 fully saturated rings. The molecule has 1 unspecified atom stereocenters. The van der Waals surface area contributed by atoms with Crippen LogP contribution in [0, 0.1) is 0 Å². The number of hydrogen-bond acceptors (Lipinski definition) is 7. The number of hydrogen-bond donors (Lipinski definition) is 2. The molecular weight excluding hydrogens is 457 g/mol. The summed E-state index contributed by atoms with van der Waals surface area (Å²) < 4.78 is 51.8. The number of aromatic amines is 1. The second kappa shape index (κ2) is 10.8. The Morgan fingerprint density at radius 2 is 2.12 bits per heavy atom. The molecule has 1 aromatic rings. The Bertz CT molecular complexity index is 1100. The number of allylic oxidation sites excluding steroid dienone is 1. The number of alkyl halides is 3. The minimum Gasteiger partial charge on any atom is -0.397 e. The third-order valence-electron chi connectivity index (χ3n) is 4.86. The van der Waals surface area contributed by atoms with Gasteiger partial charge in [0.2, 0.25) is 5.95 Å². The lowest BCUT2D eigenvalue weighted by atomic mass is 10.1. The Kier molecular flexibility index (Phi) is 8.01. The van der Waals surface area contributed by atoms with E-state index in [1.807, 2.05) is 18.7 Å². The number of rotatable bonds is 9. The molecule has 184 valence electrons. The predicted octanol–water partition coefficient (Wildman–Crippen LogP) is 2.19. The number of carbonyl (C=O) groups excluding carboxylic acids is 1. The quantitative estimate of drug-likeness (QED) is 0.520. The van der Waals surface area contributed by atoms with Crippen molar-refractivity contribution >= 4 is 11.9 Å². The summed E-state index contributed by atoms with van der Waals surface area (Å²) in [5, 5.41) is 2.66. The van der Waals surface area contributed by atoms with Gasteiger partial charge in [0.1, 0.15) is 5.69 Å². The molecular formula is C22H25F3N4O5. The fourth-order valence-electron chi connectivity index (χ4n) is 3.51. The first-order valence-corrected chi connectivity index (χ1v) is 10.5. The van der Waals surface area contributed by atoms with Crippen LogP contribution >= 0.6 is 0 Å². The molecule has 0 aromatic carbocycles. The number of halogens is 3. The topological polar surface area (TPSA) is 106 Å². The van der Waals surface area contributed by atoms with Gasteiger partial charge in [-0.3, -0.25) is 14.6 Å². The zero-order chi connectivity index (χ0) is 24.9. The van der Waals surface area contributed by atoms with Crippen molar-refractivity contribution in [1.29, 1.82) is 0 Å². The lowest BCUT2D eigenvalue weighted by Crippen LogP contribution is -2.40. The third kappa shape index (κ3) is 7.10. The number of methoxy groups -OCH3 is 1. The zero-order valence-electron chi connectivity index (χ0n) is 18.9. The summed E-state index contributed by atoms with van der Waals surface area (Å²) in [6.45, 7) is 5.00. The van der Waals surface area contributed by atoms with E-state index in [0.717, 1.165) is 18.6 Å².